The predicted octanol–water partition coefficient (Wildman–Crippen LogP) is 2.10. The largest absolute Gasteiger partial charge is 0.357 e. The van der Waals surface area contributed by atoms with Gasteiger partial charge in [0.15, 0.2) is 5.96 Å². The molecule has 0 heterocycles. The molecular weight excluding hydrogens is 403 g/mol. The summed E-state index contributed by atoms with van der Waals surface area (Å²) in [5.41, 5.74) is 0.949. The summed E-state index contributed by atoms with van der Waals surface area (Å²) in [6, 6.07) is 7.57. The number of amides is 1. The number of nitrogens with one attached hydrogen (secondary N) is 2. The van der Waals surface area contributed by atoms with Crippen molar-refractivity contribution in [2.75, 3.05) is 27.2 Å². The van der Waals surface area contributed by atoms with Crippen molar-refractivity contribution >= 4 is 47.4 Å². The fourth-order valence-electron chi connectivity index (χ4n) is 1.45. The van der Waals surface area contributed by atoms with Gasteiger partial charge in [0, 0.05) is 25.7 Å². The van der Waals surface area contributed by atoms with Gasteiger partial charge in [0.25, 0.3) is 0 Å². The van der Waals surface area contributed by atoms with Gasteiger partial charge < -0.3 is 15.5 Å². The Morgan fingerprint density at radius 3 is 2.52 bits per heavy atom. The van der Waals surface area contributed by atoms with Crippen molar-refractivity contribution < 1.29 is 4.79 Å². The lowest BCUT2D eigenvalue weighted by Gasteiger charge is -2.14. The highest BCUT2D eigenvalue weighted by molar-refractivity contribution is 14.0. The summed E-state index contributed by atoms with van der Waals surface area (Å²) >= 11 is 6.08. The number of benzene rings is 1. The Balaban J connectivity index is 0.00000400. The van der Waals surface area contributed by atoms with E-state index in [1.54, 1.807) is 14.1 Å². The molecule has 0 aromatic heterocycles. The molecule has 1 aromatic rings. The van der Waals surface area contributed by atoms with E-state index in [1.165, 1.54) is 4.90 Å². The average Bonchev–Trinajstić information content (AvgIpc) is 2.43. The number of aliphatic imine (C=N–C) groups is 1. The first-order valence-electron chi connectivity index (χ1n) is 6.50. The lowest BCUT2D eigenvalue weighted by atomic mass is 10.2. The monoisotopic (exact) mass is 424 g/mol. The van der Waals surface area contributed by atoms with E-state index in [0.717, 1.165) is 12.1 Å². The van der Waals surface area contributed by atoms with Crippen LogP contribution in [0.25, 0.3) is 0 Å². The van der Waals surface area contributed by atoms with Crippen LogP contribution in [0.15, 0.2) is 29.3 Å². The third-order valence-electron chi connectivity index (χ3n) is 2.62. The molecule has 118 valence electrons. The summed E-state index contributed by atoms with van der Waals surface area (Å²) in [4.78, 5) is 17.5. The SMILES string of the molecule is CCNC(=NCc1ccccc1Cl)NCC(=O)N(C)C.I. The summed E-state index contributed by atoms with van der Waals surface area (Å²) < 4.78 is 0. The first-order valence-corrected chi connectivity index (χ1v) is 6.88. The van der Waals surface area contributed by atoms with E-state index in [4.69, 9.17) is 11.6 Å². The van der Waals surface area contributed by atoms with E-state index in [1.807, 2.05) is 31.2 Å². The zero-order valence-electron chi connectivity index (χ0n) is 12.5. The fraction of sp³-hybridized carbons (Fsp3) is 0.429. The first-order chi connectivity index (χ1) is 9.54. The lowest BCUT2D eigenvalue weighted by molar-refractivity contribution is -0.127. The zero-order valence-corrected chi connectivity index (χ0v) is 15.6. The van der Waals surface area contributed by atoms with Gasteiger partial charge in [0.2, 0.25) is 5.91 Å². The molecule has 2 N–H and O–H groups in total. The van der Waals surface area contributed by atoms with Crippen molar-refractivity contribution in [3.8, 4) is 0 Å². The van der Waals surface area contributed by atoms with Gasteiger partial charge in [-0.2, -0.15) is 0 Å². The van der Waals surface area contributed by atoms with Gasteiger partial charge in [0.1, 0.15) is 0 Å². The molecule has 0 saturated carbocycles. The number of carbonyl (C=O) groups excluding carboxylic acids is 1. The Morgan fingerprint density at radius 2 is 1.95 bits per heavy atom. The van der Waals surface area contributed by atoms with Crippen LogP contribution >= 0.6 is 35.6 Å². The topological polar surface area (TPSA) is 56.7 Å². The van der Waals surface area contributed by atoms with Crippen molar-refractivity contribution in [1.29, 1.82) is 0 Å². The van der Waals surface area contributed by atoms with Gasteiger partial charge in [-0.3, -0.25) is 4.79 Å². The van der Waals surface area contributed by atoms with Crippen molar-refractivity contribution in [3.05, 3.63) is 34.9 Å². The lowest BCUT2D eigenvalue weighted by Crippen LogP contribution is -2.42. The number of halogens is 2. The summed E-state index contributed by atoms with van der Waals surface area (Å²) in [5.74, 6) is 0.593. The molecule has 0 atom stereocenters. The van der Waals surface area contributed by atoms with Crippen molar-refractivity contribution in [3.63, 3.8) is 0 Å². The number of carbonyl (C=O) groups is 1. The van der Waals surface area contributed by atoms with E-state index < -0.39 is 0 Å². The fourth-order valence-corrected chi connectivity index (χ4v) is 1.65. The van der Waals surface area contributed by atoms with Crippen LogP contribution in [0.4, 0.5) is 0 Å². The van der Waals surface area contributed by atoms with Gasteiger partial charge in [-0.05, 0) is 18.6 Å². The number of nitrogens with zero attached hydrogens (tertiary/aromatic N) is 2. The van der Waals surface area contributed by atoms with Crippen LogP contribution in [0.1, 0.15) is 12.5 Å². The molecule has 0 aliphatic rings. The molecule has 1 rings (SSSR count). The molecule has 0 aliphatic carbocycles. The quantitative estimate of drug-likeness (QED) is 0.432. The van der Waals surface area contributed by atoms with E-state index in [-0.39, 0.29) is 36.4 Å². The average molecular weight is 425 g/mol. The van der Waals surface area contributed by atoms with Crippen LogP contribution < -0.4 is 10.6 Å². The summed E-state index contributed by atoms with van der Waals surface area (Å²) in [6.07, 6.45) is 0. The van der Waals surface area contributed by atoms with Crippen LogP contribution in [0, 0.1) is 0 Å². The Labute approximate surface area is 148 Å². The Bertz CT molecular complexity index is 480. The molecule has 1 aromatic carbocycles. The maximum Gasteiger partial charge on any atom is 0.241 e. The second-order valence-electron chi connectivity index (χ2n) is 4.43. The van der Waals surface area contributed by atoms with Crippen LogP contribution in [0.3, 0.4) is 0 Å². The molecule has 0 saturated heterocycles. The third kappa shape index (κ3) is 7.52. The molecule has 0 bridgehead atoms. The molecule has 21 heavy (non-hydrogen) atoms. The van der Waals surface area contributed by atoms with Crippen molar-refractivity contribution in [2.24, 2.45) is 4.99 Å². The van der Waals surface area contributed by atoms with E-state index >= 15 is 0 Å². The molecule has 0 radical (unpaired) electrons. The minimum Gasteiger partial charge on any atom is -0.357 e. The number of hydrogen-bond acceptors (Lipinski definition) is 2. The normalized spacial score (nSPS) is 10.6. The molecular formula is C14H22ClIN4O. The van der Waals surface area contributed by atoms with Gasteiger partial charge in [-0.25, -0.2) is 4.99 Å². The van der Waals surface area contributed by atoms with E-state index in [2.05, 4.69) is 15.6 Å². The smallest absolute Gasteiger partial charge is 0.241 e. The predicted molar refractivity (Wildman–Crippen MR) is 98.4 cm³/mol. The third-order valence-corrected chi connectivity index (χ3v) is 2.98. The number of rotatable bonds is 5. The number of hydrogen-bond donors (Lipinski definition) is 2. The van der Waals surface area contributed by atoms with E-state index in [0.29, 0.717) is 17.5 Å². The number of guanidine groups is 1. The number of likely N-dealkylation sites (N-methyl/N-ethyl adjacent to an activating group) is 1. The molecule has 0 unspecified atom stereocenters. The van der Waals surface area contributed by atoms with Gasteiger partial charge in [-0.15, -0.1) is 24.0 Å². The molecule has 5 nitrogen and oxygen atoms in total. The van der Waals surface area contributed by atoms with Crippen molar-refractivity contribution in [2.45, 2.75) is 13.5 Å². The minimum atomic E-state index is -0.00616. The van der Waals surface area contributed by atoms with Crippen molar-refractivity contribution in [1.82, 2.24) is 15.5 Å². The molecule has 0 fully saturated rings. The van der Waals surface area contributed by atoms with Gasteiger partial charge >= 0.3 is 0 Å². The van der Waals surface area contributed by atoms with Crippen LogP contribution in [-0.4, -0.2) is 44.0 Å². The summed E-state index contributed by atoms with van der Waals surface area (Å²) in [7, 11) is 3.44. The maximum atomic E-state index is 11.5. The van der Waals surface area contributed by atoms with Gasteiger partial charge in [0.05, 0.1) is 13.1 Å². The summed E-state index contributed by atoms with van der Waals surface area (Å²) in [5, 5.41) is 6.78. The summed E-state index contributed by atoms with van der Waals surface area (Å²) in [6.45, 7) is 3.37. The Kier molecular flexibility index (Phi) is 10.2. The van der Waals surface area contributed by atoms with Crippen LogP contribution in [0.2, 0.25) is 5.02 Å². The van der Waals surface area contributed by atoms with Crippen LogP contribution in [0.5, 0.6) is 0 Å². The highest BCUT2D eigenvalue weighted by atomic mass is 127. The minimum absolute atomic E-state index is 0. The molecule has 7 heteroatoms. The molecule has 0 spiro atoms. The molecule has 0 aliphatic heterocycles. The van der Waals surface area contributed by atoms with Gasteiger partial charge in [-0.1, -0.05) is 29.8 Å². The van der Waals surface area contributed by atoms with E-state index in [9.17, 15) is 4.79 Å². The Hall–Kier alpha value is -1.02. The Morgan fingerprint density at radius 1 is 1.29 bits per heavy atom. The standard InChI is InChI=1S/C14H21ClN4O.HI/c1-4-16-14(18-10-13(20)19(2)3)17-9-11-7-5-6-8-12(11)15;/h5-8H,4,9-10H2,1-3H3,(H2,16,17,18);1H. The first kappa shape index (κ1) is 20.0. The second kappa shape index (κ2) is 10.7. The molecule has 1 amide bonds. The second-order valence-corrected chi connectivity index (χ2v) is 4.84. The maximum absolute atomic E-state index is 11.5. The highest BCUT2D eigenvalue weighted by Crippen LogP contribution is 2.15. The highest BCUT2D eigenvalue weighted by Gasteiger charge is 2.05. The zero-order chi connectivity index (χ0) is 15.0. The van der Waals surface area contributed by atoms with Crippen LogP contribution in [-0.2, 0) is 11.3 Å².